The van der Waals surface area contributed by atoms with Gasteiger partial charge in [-0.3, -0.25) is 20.1 Å². The van der Waals surface area contributed by atoms with Crippen LogP contribution in [0.4, 0.5) is 0 Å². The summed E-state index contributed by atoms with van der Waals surface area (Å²) in [4.78, 5) is 21.2. The van der Waals surface area contributed by atoms with Gasteiger partial charge in [-0.25, -0.2) is 4.98 Å². The van der Waals surface area contributed by atoms with Gasteiger partial charge in [-0.15, -0.1) is 0 Å². The van der Waals surface area contributed by atoms with Gasteiger partial charge in [-0.2, -0.15) is 5.10 Å². The zero-order valence-electron chi connectivity index (χ0n) is 16.1. The highest BCUT2D eigenvalue weighted by atomic mass is 16.3. The number of fused-ring (bicyclic) bond motifs is 2. The monoisotopic (exact) mass is 405 g/mol. The number of pyridine rings is 3. The van der Waals surface area contributed by atoms with Crippen LogP contribution in [0.3, 0.4) is 0 Å². The smallest absolute Gasteiger partial charge is 0.159 e. The molecule has 0 fully saturated rings. The lowest BCUT2D eigenvalue weighted by molar-refractivity contribution is 0.473. The first-order chi connectivity index (χ1) is 15.3. The second kappa shape index (κ2) is 6.74. The Hall–Kier alpha value is -4.59. The predicted octanol–water partition coefficient (Wildman–Crippen LogP) is 4.33. The SMILES string of the molecule is Oc1cncc(-c2cc3c(-c4nc5c(-c6ccccn6)cccc5[nH]4)n[nH]c3cn2)c1. The maximum absolute atomic E-state index is 9.75. The van der Waals surface area contributed by atoms with Gasteiger partial charge in [0.2, 0.25) is 0 Å². The standard InChI is InChI=1S/C23H15N7O/c31-14-8-13(10-24-11-14)19-9-16-20(12-26-19)29-30-22(16)23-27-18-6-3-4-15(21(18)28-23)17-5-1-2-7-25-17/h1-12,31H,(H,27,28)(H,29,30). The van der Waals surface area contributed by atoms with Crippen LogP contribution in [0.2, 0.25) is 0 Å². The number of rotatable bonds is 3. The molecule has 31 heavy (non-hydrogen) atoms. The quantitative estimate of drug-likeness (QED) is 0.403. The van der Waals surface area contributed by atoms with Crippen LogP contribution >= 0.6 is 0 Å². The van der Waals surface area contributed by atoms with Crippen LogP contribution in [0.5, 0.6) is 5.75 Å². The van der Waals surface area contributed by atoms with Crippen LogP contribution in [-0.2, 0) is 0 Å². The van der Waals surface area contributed by atoms with Crippen molar-refractivity contribution in [1.82, 2.24) is 35.1 Å². The molecule has 148 valence electrons. The summed E-state index contributed by atoms with van der Waals surface area (Å²) >= 11 is 0. The lowest BCUT2D eigenvalue weighted by Crippen LogP contribution is -1.86. The van der Waals surface area contributed by atoms with Crippen molar-refractivity contribution in [3.8, 4) is 39.8 Å². The first-order valence-electron chi connectivity index (χ1n) is 9.65. The molecular weight excluding hydrogens is 390 g/mol. The third kappa shape index (κ3) is 2.89. The highest BCUT2D eigenvalue weighted by Gasteiger charge is 2.16. The van der Waals surface area contributed by atoms with Crippen molar-refractivity contribution < 1.29 is 5.11 Å². The molecule has 0 saturated heterocycles. The summed E-state index contributed by atoms with van der Waals surface area (Å²) in [6, 6.07) is 15.3. The third-order valence-electron chi connectivity index (χ3n) is 5.14. The topological polar surface area (TPSA) is 116 Å². The van der Waals surface area contributed by atoms with Gasteiger partial charge < -0.3 is 10.1 Å². The van der Waals surface area contributed by atoms with Crippen LogP contribution < -0.4 is 0 Å². The van der Waals surface area contributed by atoms with E-state index in [9.17, 15) is 5.11 Å². The van der Waals surface area contributed by atoms with E-state index < -0.39 is 0 Å². The second-order valence-corrected chi connectivity index (χ2v) is 7.12. The Labute approximate surface area is 175 Å². The molecule has 0 aliphatic rings. The van der Waals surface area contributed by atoms with E-state index in [1.807, 2.05) is 42.5 Å². The molecule has 0 aliphatic carbocycles. The molecular formula is C23H15N7O. The predicted molar refractivity (Wildman–Crippen MR) is 117 cm³/mol. The first-order valence-corrected chi connectivity index (χ1v) is 9.65. The average molecular weight is 405 g/mol. The molecule has 0 radical (unpaired) electrons. The second-order valence-electron chi connectivity index (χ2n) is 7.12. The highest BCUT2D eigenvalue weighted by Crippen LogP contribution is 2.32. The van der Waals surface area contributed by atoms with E-state index in [-0.39, 0.29) is 5.75 Å². The molecule has 8 nitrogen and oxygen atoms in total. The molecule has 0 saturated carbocycles. The van der Waals surface area contributed by atoms with Crippen molar-refractivity contribution in [1.29, 1.82) is 0 Å². The van der Waals surface area contributed by atoms with E-state index in [0.717, 1.165) is 38.8 Å². The molecule has 6 rings (SSSR count). The van der Waals surface area contributed by atoms with Gasteiger partial charge in [0.15, 0.2) is 5.82 Å². The number of aromatic amines is 2. The van der Waals surface area contributed by atoms with E-state index in [4.69, 9.17) is 4.98 Å². The maximum Gasteiger partial charge on any atom is 0.159 e. The van der Waals surface area contributed by atoms with Crippen LogP contribution in [0, 0.1) is 0 Å². The summed E-state index contributed by atoms with van der Waals surface area (Å²) < 4.78 is 0. The average Bonchev–Trinajstić information content (AvgIpc) is 3.43. The number of aromatic hydroxyl groups is 1. The fourth-order valence-electron chi connectivity index (χ4n) is 3.70. The first kappa shape index (κ1) is 17.3. The Morgan fingerprint density at radius 2 is 1.81 bits per heavy atom. The number of nitrogens with one attached hydrogen (secondary N) is 2. The van der Waals surface area contributed by atoms with E-state index >= 15 is 0 Å². The molecule has 3 N–H and O–H groups in total. The number of imidazole rings is 1. The fourth-order valence-corrected chi connectivity index (χ4v) is 3.70. The van der Waals surface area contributed by atoms with Crippen LogP contribution in [0.25, 0.3) is 56.0 Å². The maximum atomic E-state index is 9.75. The molecule has 0 spiro atoms. The largest absolute Gasteiger partial charge is 0.506 e. The molecule has 6 aromatic rings. The van der Waals surface area contributed by atoms with Gasteiger partial charge in [0.05, 0.1) is 40.3 Å². The van der Waals surface area contributed by atoms with Gasteiger partial charge in [0.1, 0.15) is 11.4 Å². The molecule has 1 aromatic carbocycles. The number of hydrogen-bond acceptors (Lipinski definition) is 6. The third-order valence-corrected chi connectivity index (χ3v) is 5.14. The molecule has 0 amide bonds. The van der Waals surface area contributed by atoms with Crippen molar-refractivity contribution in [2.24, 2.45) is 0 Å². The number of aromatic nitrogens is 7. The molecule has 0 aliphatic heterocycles. The summed E-state index contributed by atoms with van der Waals surface area (Å²) in [5.41, 5.74) is 6.43. The van der Waals surface area contributed by atoms with Gasteiger partial charge in [0, 0.05) is 28.9 Å². The Morgan fingerprint density at radius 1 is 0.839 bits per heavy atom. The van der Waals surface area contributed by atoms with Crippen LogP contribution in [-0.4, -0.2) is 40.2 Å². The Kier molecular flexibility index (Phi) is 3.76. The lowest BCUT2D eigenvalue weighted by atomic mass is 10.1. The summed E-state index contributed by atoms with van der Waals surface area (Å²) in [5.74, 6) is 0.738. The minimum atomic E-state index is 0.0890. The number of benzene rings is 1. The van der Waals surface area contributed by atoms with Crippen molar-refractivity contribution in [3.63, 3.8) is 0 Å². The zero-order chi connectivity index (χ0) is 20.8. The molecule has 8 heteroatoms. The van der Waals surface area contributed by atoms with Crippen LogP contribution in [0.15, 0.2) is 73.3 Å². The Bertz CT molecular complexity index is 1550. The Morgan fingerprint density at radius 3 is 2.68 bits per heavy atom. The number of hydrogen-bond donors (Lipinski definition) is 3. The van der Waals surface area contributed by atoms with E-state index in [1.165, 1.54) is 6.20 Å². The summed E-state index contributed by atoms with van der Waals surface area (Å²) in [5, 5.41) is 18.1. The molecule has 0 atom stereocenters. The van der Waals surface area contributed by atoms with Gasteiger partial charge in [-0.1, -0.05) is 18.2 Å². The van der Waals surface area contributed by atoms with E-state index in [1.54, 1.807) is 24.7 Å². The molecule has 0 bridgehead atoms. The van der Waals surface area contributed by atoms with Crippen molar-refractivity contribution in [2.45, 2.75) is 0 Å². The normalized spacial score (nSPS) is 11.4. The van der Waals surface area contributed by atoms with Gasteiger partial charge >= 0.3 is 0 Å². The van der Waals surface area contributed by atoms with Gasteiger partial charge in [-0.05, 0) is 30.3 Å². The van der Waals surface area contributed by atoms with E-state index in [0.29, 0.717) is 17.2 Å². The van der Waals surface area contributed by atoms with E-state index in [2.05, 4.69) is 30.1 Å². The molecule has 0 unspecified atom stereocenters. The summed E-state index contributed by atoms with van der Waals surface area (Å²) in [7, 11) is 0. The van der Waals surface area contributed by atoms with Gasteiger partial charge in [0.25, 0.3) is 0 Å². The van der Waals surface area contributed by atoms with Crippen molar-refractivity contribution in [3.05, 3.63) is 73.3 Å². The number of H-pyrrole nitrogens is 2. The lowest BCUT2D eigenvalue weighted by Gasteiger charge is -2.01. The zero-order valence-corrected chi connectivity index (χ0v) is 16.1. The fraction of sp³-hybridized carbons (Fsp3) is 0. The van der Waals surface area contributed by atoms with Crippen molar-refractivity contribution >= 4 is 21.9 Å². The number of para-hydroxylation sites is 1. The van der Waals surface area contributed by atoms with Crippen molar-refractivity contribution in [2.75, 3.05) is 0 Å². The highest BCUT2D eigenvalue weighted by molar-refractivity contribution is 5.97. The van der Waals surface area contributed by atoms with Crippen LogP contribution in [0.1, 0.15) is 0 Å². The Balaban J connectivity index is 1.51. The summed E-state index contributed by atoms with van der Waals surface area (Å²) in [6.45, 7) is 0. The minimum absolute atomic E-state index is 0.0890. The summed E-state index contributed by atoms with van der Waals surface area (Å²) in [6.07, 6.45) is 6.54. The minimum Gasteiger partial charge on any atom is -0.506 e. The molecule has 5 heterocycles. The molecule has 5 aromatic heterocycles. The number of nitrogens with zero attached hydrogens (tertiary/aromatic N) is 5.